The fourth-order valence-corrected chi connectivity index (χ4v) is 2.58. The van der Waals surface area contributed by atoms with E-state index in [9.17, 15) is 4.79 Å². The van der Waals surface area contributed by atoms with Gasteiger partial charge in [-0.3, -0.25) is 0 Å². The van der Waals surface area contributed by atoms with Gasteiger partial charge in [0.05, 0.1) is 0 Å². The highest BCUT2D eigenvalue weighted by molar-refractivity contribution is 5.67. The zero-order valence-electron chi connectivity index (χ0n) is 12.1. The van der Waals surface area contributed by atoms with Crippen LogP contribution in [0.1, 0.15) is 31.7 Å². The van der Waals surface area contributed by atoms with Gasteiger partial charge in [0.25, 0.3) is 0 Å². The molecular formula is C16H24N2O2. The summed E-state index contributed by atoms with van der Waals surface area (Å²) in [4.78, 5) is 14.0. The Morgan fingerprint density at radius 1 is 1.40 bits per heavy atom. The van der Waals surface area contributed by atoms with Crippen molar-refractivity contribution in [3.8, 4) is 0 Å². The number of carbonyl (C=O) groups is 1. The van der Waals surface area contributed by atoms with E-state index < -0.39 is 0 Å². The molecule has 2 atom stereocenters. The lowest BCUT2D eigenvalue weighted by molar-refractivity contribution is 0.0919. The summed E-state index contributed by atoms with van der Waals surface area (Å²) in [5, 5.41) is 0. The molecule has 1 unspecified atom stereocenters. The van der Waals surface area contributed by atoms with Gasteiger partial charge in [-0.1, -0.05) is 36.8 Å². The molecule has 20 heavy (non-hydrogen) atoms. The highest BCUT2D eigenvalue weighted by atomic mass is 16.6. The van der Waals surface area contributed by atoms with Gasteiger partial charge < -0.3 is 15.4 Å². The molecule has 1 aliphatic heterocycles. The van der Waals surface area contributed by atoms with Crippen molar-refractivity contribution < 1.29 is 9.53 Å². The van der Waals surface area contributed by atoms with Crippen LogP contribution >= 0.6 is 0 Å². The fraction of sp³-hybridized carbons (Fsp3) is 0.562. The van der Waals surface area contributed by atoms with Gasteiger partial charge in [0, 0.05) is 19.1 Å². The first kappa shape index (κ1) is 14.9. The Morgan fingerprint density at radius 2 is 2.15 bits per heavy atom. The van der Waals surface area contributed by atoms with E-state index in [-0.39, 0.29) is 12.1 Å². The third-order valence-electron chi connectivity index (χ3n) is 3.91. The number of hydrogen-bond donors (Lipinski definition) is 1. The van der Waals surface area contributed by atoms with Crippen molar-refractivity contribution >= 4 is 6.09 Å². The zero-order valence-corrected chi connectivity index (χ0v) is 12.1. The summed E-state index contributed by atoms with van der Waals surface area (Å²) in [6.07, 6.45) is 3.04. The molecule has 0 aliphatic carbocycles. The highest BCUT2D eigenvalue weighted by Crippen LogP contribution is 2.19. The van der Waals surface area contributed by atoms with Crippen LogP contribution in [0.5, 0.6) is 0 Å². The van der Waals surface area contributed by atoms with Crippen molar-refractivity contribution in [2.75, 3.05) is 13.1 Å². The van der Waals surface area contributed by atoms with Crippen molar-refractivity contribution in [3.05, 3.63) is 35.9 Å². The minimum absolute atomic E-state index is 0.123. The molecule has 0 saturated carbocycles. The van der Waals surface area contributed by atoms with Crippen LogP contribution in [0.25, 0.3) is 0 Å². The van der Waals surface area contributed by atoms with Crippen LogP contribution in [0.4, 0.5) is 4.79 Å². The lowest BCUT2D eigenvalue weighted by Crippen LogP contribution is -2.40. The second kappa shape index (κ2) is 7.29. The number of likely N-dealkylation sites (tertiary alicyclic amines) is 1. The van der Waals surface area contributed by atoms with Crippen LogP contribution < -0.4 is 5.73 Å². The van der Waals surface area contributed by atoms with Crippen LogP contribution in [0.2, 0.25) is 0 Å². The molecule has 1 aromatic carbocycles. The minimum Gasteiger partial charge on any atom is -0.445 e. The van der Waals surface area contributed by atoms with Crippen molar-refractivity contribution in [2.24, 2.45) is 11.7 Å². The van der Waals surface area contributed by atoms with Crippen LogP contribution in [0.3, 0.4) is 0 Å². The second-order valence-corrected chi connectivity index (χ2v) is 5.60. The van der Waals surface area contributed by atoms with Gasteiger partial charge in [0.1, 0.15) is 6.61 Å². The zero-order chi connectivity index (χ0) is 14.4. The Kier molecular flexibility index (Phi) is 5.41. The Bertz CT molecular complexity index is 420. The van der Waals surface area contributed by atoms with Crippen molar-refractivity contribution in [2.45, 2.75) is 38.8 Å². The fourth-order valence-electron chi connectivity index (χ4n) is 2.58. The number of amides is 1. The molecule has 0 aromatic heterocycles. The van der Waals surface area contributed by atoms with Gasteiger partial charge in [-0.15, -0.1) is 0 Å². The largest absolute Gasteiger partial charge is 0.445 e. The van der Waals surface area contributed by atoms with Crippen molar-refractivity contribution in [1.29, 1.82) is 0 Å². The van der Waals surface area contributed by atoms with Crippen molar-refractivity contribution in [3.63, 3.8) is 0 Å². The number of rotatable bonds is 3. The van der Waals surface area contributed by atoms with Crippen molar-refractivity contribution in [1.82, 2.24) is 4.90 Å². The molecule has 1 aliphatic rings. The lowest BCUT2D eigenvalue weighted by atomic mass is 9.97. The number of hydrogen-bond acceptors (Lipinski definition) is 3. The van der Waals surface area contributed by atoms with Crippen LogP contribution in [0, 0.1) is 5.92 Å². The van der Waals surface area contributed by atoms with E-state index in [0.29, 0.717) is 19.1 Å². The van der Waals surface area contributed by atoms with Gasteiger partial charge in [-0.05, 0) is 31.2 Å². The molecule has 1 fully saturated rings. The van der Waals surface area contributed by atoms with E-state index >= 15 is 0 Å². The standard InChI is InChI=1S/C16H24N2O2/c1-13(17)15-9-5-6-10-18(11-15)16(19)20-12-14-7-3-2-4-8-14/h2-4,7-8,13,15H,5-6,9-12,17H2,1H3/t13-,15?/m0/s1. The summed E-state index contributed by atoms with van der Waals surface area (Å²) >= 11 is 0. The van der Waals surface area contributed by atoms with Crippen LogP contribution in [0.15, 0.2) is 30.3 Å². The normalized spacial score (nSPS) is 21.1. The number of nitrogens with zero attached hydrogens (tertiary/aromatic N) is 1. The maximum atomic E-state index is 12.2. The molecule has 110 valence electrons. The summed E-state index contributed by atoms with van der Waals surface area (Å²) in [7, 11) is 0. The maximum absolute atomic E-state index is 12.2. The van der Waals surface area contributed by atoms with Gasteiger partial charge >= 0.3 is 6.09 Å². The number of nitrogens with two attached hydrogens (primary N) is 1. The molecule has 4 heteroatoms. The maximum Gasteiger partial charge on any atom is 0.410 e. The van der Waals surface area contributed by atoms with Gasteiger partial charge in [-0.25, -0.2) is 4.79 Å². The Morgan fingerprint density at radius 3 is 2.85 bits per heavy atom. The molecule has 1 aromatic rings. The van der Waals surface area contributed by atoms with E-state index in [0.717, 1.165) is 31.4 Å². The number of benzene rings is 1. The van der Waals surface area contributed by atoms with E-state index in [1.54, 1.807) is 0 Å². The van der Waals surface area contributed by atoms with Crippen LogP contribution in [-0.4, -0.2) is 30.1 Å². The summed E-state index contributed by atoms with van der Waals surface area (Å²) in [5.74, 6) is 0.377. The Labute approximate surface area is 120 Å². The molecule has 2 rings (SSSR count). The molecule has 1 saturated heterocycles. The quantitative estimate of drug-likeness (QED) is 0.923. The first-order valence-corrected chi connectivity index (χ1v) is 7.38. The number of carbonyl (C=O) groups excluding carboxylic acids is 1. The summed E-state index contributed by atoms with van der Waals surface area (Å²) < 4.78 is 5.40. The van der Waals surface area contributed by atoms with E-state index in [1.807, 2.05) is 42.2 Å². The topological polar surface area (TPSA) is 55.6 Å². The third-order valence-corrected chi connectivity index (χ3v) is 3.91. The first-order valence-electron chi connectivity index (χ1n) is 7.38. The highest BCUT2D eigenvalue weighted by Gasteiger charge is 2.25. The van der Waals surface area contributed by atoms with E-state index in [4.69, 9.17) is 10.5 Å². The van der Waals surface area contributed by atoms with E-state index in [2.05, 4.69) is 0 Å². The summed E-state index contributed by atoms with van der Waals surface area (Å²) in [6.45, 7) is 3.84. The van der Waals surface area contributed by atoms with Crippen LogP contribution in [-0.2, 0) is 11.3 Å². The Hall–Kier alpha value is -1.55. The molecule has 1 heterocycles. The predicted molar refractivity (Wildman–Crippen MR) is 79.2 cm³/mol. The number of ether oxygens (including phenoxy) is 1. The third kappa shape index (κ3) is 4.23. The lowest BCUT2D eigenvalue weighted by Gasteiger charge is -2.25. The van der Waals surface area contributed by atoms with Gasteiger partial charge in [0.2, 0.25) is 0 Å². The van der Waals surface area contributed by atoms with E-state index in [1.165, 1.54) is 0 Å². The van der Waals surface area contributed by atoms with Gasteiger partial charge in [-0.2, -0.15) is 0 Å². The monoisotopic (exact) mass is 276 g/mol. The molecular weight excluding hydrogens is 252 g/mol. The first-order chi connectivity index (χ1) is 9.66. The minimum atomic E-state index is -0.221. The SMILES string of the molecule is C[C@H](N)C1CCCCN(C(=O)OCc2ccccc2)C1. The smallest absolute Gasteiger partial charge is 0.410 e. The summed E-state index contributed by atoms with van der Waals surface area (Å²) in [6, 6.07) is 9.88. The average molecular weight is 276 g/mol. The molecule has 1 amide bonds. The summed E-state index contributed by atoms with van der Waals surface area (Å²) in [5.41, 5.74) is 7.00. The average Bonchev–Trinajstić information content (AvgIpc) is 2.72. The Balaban J connectivity index is 1.87. The second-order valence-electron chi connectivity index (χ2n) is 5.60. The molecule has 0 spiro atoms. The molecule has 0 radical (unpaired) electrons. The molecule has 2 N–H and O–H groups in total. The van der Waals surface area contributed by atoms with Gasteiger partial charge in [0.15, 0.2) is 0 Å². The molecule has 0 bridgehead atoms. The predicted octanol–water partition coefficient (Wildman–Crippen LogP) is 2.77. The molecule has 4 nitrogen and oxygen atoms in total.